The lowest BCUT2D eigenvalue weighted by molar-refractivity contribution is -0.140. The van der Waals surface area contributed by atoms with Crippen LogP contribution in [0.1, 0.15) is 18.9 Å². The van der Waals surface area contributed by atoms with Crippen LogP contribution in [0.3, 0.4) is 0 Å². The van der Waals surface area contributed by atoms with Crippen molar-refractivity contribution < 1.29 is 4.74 Å². The summed E-state index contributed by atoms with van der Waals surface area (Å²) in [5.41, 5.74) is 2.47. The van der Waals surface area contributed by atoms with Crippen molar-refractivity contribution in [2.24, 2.45) is 0 Å². The largest absolute Gasteiger partial charge is 0.370 e. The fraction of sp³-hybridized carbons (Fsp3) is 0.364. The van der Waals surface area contributed by atoms with Crippen molar-refractivity contribution >= 4 is 11.0 Å². The monoisotopic (exact) mass is 204 g/mol. The zero-order chi connectivity index (χ0) is 10.5. The highest BCUT2D eigenvalue weighted by atomic mass is 16.5. The molecule has 1 saturated heterocycles. The molecule has 78 valence electrons. The smallest absolute Gasteiger partial charge is 0.323 e. The van der Waals surface area contributed by atoms with E-state index in [2.05, 4.69) is 16.9 Å². The first kappa shape index (κ1) is 8.73. The molecule has 1 fully saturated rings. The lowest BCUT2D eigenvalue weighted by atomic mass is 9.88. The van der Waals surface area contributed by atoms with Crippen LogP contribution in [0.15, 0.2) is 23.0 Å². The molecule has 1 aliphatic rings. The first-order chi connectivity index (χ1) is 7.17. The molecule has 15 heavy (non-hydrogen) atoms. The minimum atomic E-state index is -0.165. The van der Waals surface area contributed by atoms with Crippen molar-refractivity contribution in [2.75, 3.05) is 6.61 Å². The van der Waals surface area contributed by atoms with Gasteiger partial charge in [-0.05, 0) is 24.6 Å². The molecule has 0 bridgehead atoms. The molecule has 2 aromatic rings. The highest BCUT2D eigenvalue weighted by molar-refractivity contribution is 5.75. The number of hydrogen-bond donors (Lipinski definition) is 2. The summed E-state index contributed by atoms with van der Waals surface area (Å²) in [6.45, 7) is 2.89. The van der Waals surface area contributed by atoms with Gasteiger partial charge in [0.2, 0.25) is 0 Å². The number of benzene rings is 1. The van der Waals surface area contributed by atoms with Crippen molar-refractivity contribution in [1.29, 1.82) is 0 Å². The molecule has 1 atom stereocenters. The van der Waals surface area contributed by atoms with Gasteiger partial charge < -0.3 is 14.7 Å². The molecule has 1 aromatic heterocycles. The van der Waals surface area contributed by atoms with Crippen molar-refractivity contribution in [3.05, 3.63) is 34.2 Å². The Morgan fingerprint density at radius 3 is 2.73 bits per heavy atom. The van der Waals surface area contributed by atoms with Gasteiger partial charge in [-0.3, -0.25) is 0 Å². The van der Waals surface area contributed by atoms with Gasteiger partial charge in [0.15, 0.2) is 0 Å². The van der Waals surface area contributed by atoms with Crippen molar-refractivity contribution in [2.45, 2.75) is 18.9 Å². The van der Waals surface area contributed by atoms with Gasteiger partial charge in [0.25, 0.3) is 0 Å². The lowest BCUT2D eigenvalue weighted by Crippen LogP contribution is -2.37. The van der Waals surface area contributed by atoms with Crippen molar-refractivity contribution in [3.8, 4) is 0 Å². The summed E-state index contributed by atoms with van der Waals surface area (Å²) in [5, 5.41) is 0. The van der Waals surface area contributed by atoms with Crippen LogP contribution >= 0.6 is 0 Å². The summed E-state index contributed by atoms with van der Waals surface area (Å²) in [4.78, 5) is 16.6. The highest BCUT2D eigenvalue weighted by Crippen LogP contribution is 2.37. The van der Waals surface area contributed by atoms with Crippen molar-refractivity contribution in [1.82, 2.24) is 9.97 Å². The van der Waals surface area contributed by atoms with E-state index in [1.807, 2.05) is 18.2 Å². The lowest BCUT2D eigenvalue weighted by Gasteiger charge is -2.39. The second-order valence-electron chi connectivity index (χ2n) is 4.17. The van der Waals surface area contributed by atoms with Crippen LogP contribution in [0.4, 0.5) is 0 Å². The third-order valence-corrected chi connectivity index (χ3v) is 3.13. The zero-order valence-corrected chi connectivity index (χ0v) is 8.46. The highest BCUT2D eigenvalue weighted by Gasteiger charge is 2.35. The van der Waals surface area contributed by atoms with Crippen LogP contribution in [-0.2, 0) is 10.3 Å². The molecule has 4 nitrogen and oxygen atoms in total. The Bertz CT molecular complexity index is 563. The molecule has 0 saturated carbocycles. The molecule has 3 rings (SSSR count). The molecule has 0 aliphatic carbocycles. The summed E-state index contributed by atoms with van der Waals surface area (Å²) in [7, 11) is 0. The first-order valence-corrected chi connectivity index (χ1v) is 5.04. The van der Waals surface area contributed by atoms with Gasteiger partial charge in [-0.15, -0.1) is 0 Å². The fourth-order valence-corrected chi connectivity index (χ4v) is 2.00. The number of rotatable bonds is 1. The molecule has 2 N–H and O–H groups in total. The Morgan fingerprint density at radius 2 is 2.07 bits per heavy atom. The van der Waals surface area contributed by atoms with Crippen LogP contribution in [0, 0.1) is 0 Å². The zero-order valence-electron chi connectivity index (χ0n) is 8.46. The number of aromatic nitrogens is 2. The van der Waals surface area contributed by atoms with Crippen LogP contribution in [0.2, 0.25) is 0 Å². The predicted molar refractivity (Wildman–Crippen MR) is 56.8 cm³/mol. The quantitative estimate of drug-likeness (QED) is 0.739. The first-order valence-electron chi connectivity index (χ1n) is 5.04. The summed E-state index contributed by atoms with van der Waals surface area (Å²) in [6.07, 6.45) is 1.03. The van der Waals surface area contributed by atoms with Crippen LogP contribution in [0.5, 0.6) is 0 Å². The normalized spacial score (nSPS) is 25.4. The standard InChI is InChI=1S/C11H12N2O2/c1-11(4-5-15-11)7-2-3-8-9(6-7)13-10(14)12-8/h2-3,6H,4-5H2,1H3,(H2,12,13,14). The molecule has 1 aliphatic heterocycles. The molecular formula is C11H12N2O2. The Labute approximate surface area is 86.3 Å². The van der Waals surface area contributed by atoms with Gasteiger partial charge in [0.1, 0.15) is 0 Å². The third kappa shape index (κ3) is 1.22. The fourth-order valence-electron chi connectivity index (χ4n) is 2.00. The summed E-state index contributed by atoms with van der Waals surface area (Å²) in [6, 6.07) is 5.90. The number of imidazole rings is 1. The predicted octanol–water partition coefficient (Wildman–Crippen LogP) is 1.49. The number of nitrogens with one attached hydrogen (secondary N) is 2. The van der Waals surface area contributed by atoms with E-state index < -0.39 is 0 Å². The van der Waals surface area contributed by atoms with Gasteiger partial charge in [-0.25, -0.2) is 4.79 Å². The van der Waals surface area contributed by atoms with E-state index in [0.717, 1.165) is 29.6 Å². The minimum Gasteiger partial charge on any atom is -0.370 e. The number of hydrogen-bond acceptors (Lipinski definition) is 2. The van der Waals surface area contributed by atoms with Gasteiger partial charge in [0, 0.05) is 6.42 Å². The molecule has 4 heteroatoms. The van der Waals surface area contributed by atoms with E-state index in [4.69, 9.17) is 4.74 Å². The molecule has 1 unspecified atom stereocenters. The molecule has 1 aromatic carbocycles. The van der Waals surface area contributed by atoms with E-state index in [1.54, 1.807) is 0 Å². The number of aromatic amines is 2. The molecule has 0 spiro atoms. The van der Waals surface area contributed by atoms with Gasteiger partial charge in [-0.1, -0.05) is 6.07 Å². The summed E-state index contributed by atoms with van der Waals surface area (Å²) in [5.74, 6) is 0. The van der Waals surface area contributed by atoms with Crippen LogP contribution in [0.25, 0.3) is 11.0 Å². The Morgan fingerprint density at radius 1 is 1.33 bits per heavy atom. The van der Waals surface area contributed by atoms with E-state index in [0.29, 0.717) is 0 Å². The average Bonchev–Trinajstić information content (AvgIpc) is 2.53. The van der Waals surface area contributed by atoms with E-state index in [1.165, 1.54) is 0 Å². The molecular weight excluding hydrogens is 192 g/mol. The van der Waals surface area contributed by atoms with Gasteiger partial charge >= 0.3 is 5.69 Å². The van der Waals surface area contributed by atoms with E-state index >= 15 is 0 Å². The maximum absolute atomic E-state index is 11.1. The maximum Gasteiger partial charge on any atom is 0.323 e. The minimum absolute atomic E-state index is 0.164. The van der Waals surface area contributed by atoms with E-state index in [9.17, 15) is 4.79 Å². The molecule has 0 amide bonds. The number of fused-ring (bicyclic) bond motifs is 1. The molecule has 2 heterocycles. The van der Waals surface area contributed by atoms with Gasteiger partial charge in [0.05, 0.1) is 23.2 Å². The Kier molecular flexibility index (Phi) is 1.59. The second kappa shape index (κ2) is 2.73. The second-order valence-corrected chi connectivity index (χ2v) is 4.17. The Balaban J connectivity index is 2.17. The molecule has 0 radical (unpaired) electrons. The third-order valence-electron chi connectivity index (χ3n) is 3.13. The summed E-state index contributed by atoms with van der Waals surface area (Å²) < 4.78 is 5.56. The summed E-state index contributed by atoms with van der Waals surface area (Å²) >= 11 is 0. The van der Waals surface area contributed by atoms with Crippen LogP contribution in [-0.4, -0.2) is 16.6 Å². The SMILES string of the molecule is CC1(c2ccc3[nH]c(=O)[nH]c3c2)CCO1. The van der Waals surface area contributed by atoms with E-state index in [-0.39, 0.29) is 11.3 Å². The Hall–Kier alpha value is -1.55. The van der Waals surface area contributed by atoms with Crippen molar-refractivity contribution in [3.63, 3.8) is 0 Å². The average molecular weight is 204 g/mol. The topological polar surface area (TPSA) is 57.9 Å². The van der Waals surface area contributed by atoms with Crippen LogP contribution < -0.4 is 5.69 Å². The number of H-pyrrole nitrogens is 2. The number of ether oxygens (including phenoxy) is 1. The maximum atomic E-state index is 11.1. The van der Waals surface area contributed by atoms with Gasteiger partial charge in [-0.2, -0.15) is 0 Å².